The number of carbonyl (C=O) groups is 1. The minimum atomic E-state index is -0.292. The molecule has 0 aromatic heterocycles. The van der Waals surface area contributed by atoms with E-state index in [9.17, 15) is 9.90 Å². The molecule has 1 aliphatic heterocycles. The SMILES string of the molecule is O=C(c1ccc(Cl)cc1Cl)N1CCC(O)CC1. The van der Waals surface area contributed by atoms with Crippen LogP contribution in [0.2, 0.25) is 10.0 Å². The molecule has 1 aromatic carbocycles. The van der Waals surface area contributed by atoms with Gasteiger partial charge in [-0.25, -0.2) is 0 Å². The van der Waals surface area contributed by atoms with E-state index < -0.39 is 0 Å². The highest BCUT2D eigenvalue weighted by molar-refractivity contribution is 6.36. The molecular formula is C12H13Cl2NO2. The number of benzene rings is 1. The van der Waals surface area contributed by atoms with Gasteiger partial charge in [0.25, 0.3) is 5.91 Å². The molecule has 1 aliphatic rings. The third-order valence-corrected chi connectivity index (χ3v) is 3.46. The zero-order chi connectivity index (χ0) is 12.4. The van der Waals surface area contributed by atoms with Crippen molar-refractivity contribution in [2.75, 3.05) is 13.1 Å². The smallest absolute Gasteiger partial charge is 0.255 e. The molecule has 0 spiro atoms. The van der Waals surface area contributed by atoms with Crippen LogP contribution < -0.4 is 0 Å². The van der Waals surface area contributed by atoms with Crippen LogP contribution in [-0.4, -0.2) is 35.1 Å². The Labute approximate surface area is 110 Å². The van der Waals surface area contributed by atoms with E-state index in [4.69, 9.17) is 23.2 Å². The first kappa shape index (κ1) is 12.7. The maximum Gasteiger partial charge on any atom is 0.255 e. The van der Waals surface area contributed by atoms with Crippen molar-refractivity contribution in [3.8, 4) is 0 Å². The monoisotopic (exact) mass is 273 g/mol. The summed E-state index contributed by atoms with van der Waals surface area (Å²) in [5.41, 5.74) is 0.465. The zero-order valence-electron chi connectivity index (χ0n) is 9.20. The van der Waals surface area contributed by atoms with E-state index >= 15 is 0 Å². The topological polar surface area (TPSA) is 40.5 Å². The standard InChI is InChI=1S/C12H13Cl2NO2/c13-8-1-2-10(11(14)7-8)12(17)15-5-3-9(16)4-6-15/h1-2,7,9,16H,3-6H2. The molecule has 0 atom stereocenters. The number of hydrogen-bond acceptors (Lipinski definition) is 2. The Hall–Kier alpha value is -0.770. The van der Waals surface area contributed by atoms with Gasteiger partial charge >= 0.3 is 0 Å². The Morgan fingerprint density at radius 2 is 1.94 bits per heavy atom. The van der Waals surface area contributed by atoms with E-state index in [0.717, 1.165) is 0 Å². The average Bonchev–Trinajstić information content (AvgIpc) is 2.29. The summed E-state index contributed by atoms with van der Waals surface area (Å²) in [4.78, 5) is 13.9. The Kier molecular flexibility index (Phi) is 3.92. The molecule has 0 aliphatic carbocycles. The molecule has 1 fully saturated rings. The summed E-state index contributed by atoms with van der Waals surface area (Å²) in [6, 6.07) is 4.85. The van der Waals surface area contributed by atoms with Gasteiger partial charge < -0.3 is 10.0 Å². The number of rotatable bonds is 1. The number of aliphatic hydroxyl groups is 1. The van der Waals surface area contributed by atoms with E-state index in [1.165, 1.54) is 0 Å². The van der Waals surface area contributed by atoms with Gasteiger partial charge in [-0.1, -0.05) is 23.2 Å². The van der Waals surface area contributed by atoms with Crippen molar-refractivity contribution in [2.45, 2.75) is 18.9 Å². The summed E-state index contributed by atoms with van der Waals surface area (Å²) in [5.74, 6) is -0.0985. The molecule has 17 heavy (non-hydrogen) atoms. The molecule has 0 unspecified atom stereocenters. The van der Waals surface area contributed by atoms with Gasteiger partial charge in [0.2, 0.25) is 0 Å². The lowest BCUT2D eigenvalue weighted by molar-refractivity contribution is 0.0547. The minimum absolute atomic E-state index is 0.0985. The van der Waals surface area contributed by atoms with E-state index in [0.29, 0.717) is 41.5 Å². The second-order valence-corrected chi connectivity index (χ2v) is 4.99. The first-order chi connectivity index (χ1) is 8.08. The molecule has 1 heterocycles. The molecule has 0 saturated carbocycles. The average molecular weight is 274 g/mol. The minimum Gasteiger partial charge on any atom is -0.393 e. The van der Waals surface area contributed by atoms with Crippen molar-refractivity contribution in [1.82, 2.24) is 4.90 Å². The number of amides is 1. The van der Waals surface area contributed by atoms with Gasteiger partial charge in [0.1, 0.15) is 0 Å². The molecule has 92 valence electrons. The lowest BCUT2D eigenvalue weighted by Gasteiger charge is -2.29. The van der Waals surface area contributed by atoms with Gasteiger partial charge in [-0.05, 0) is 31.0 Å². The fraction of sp³-hybridized carbons (Fsp3) is 0.417. The highest BCUT2D eigenvalue weighted by Crippen LogP contribution is 2.23. The van der Waals surface area contributed by atoms with E-state index in [1.54, 1.807) is 23.1 Å². The molecule has 3 nitrogen and oxygen atoms in total. The second kappa shape index (κ2) is 5.25. The van der Waals surface area contributed by atoms with Crippen LogP contribution in [0.1, 0.15) is 23.2 Å². The maximum atomic E-state index is 12.2. The molecule has 0 radical (unpaired) electrons. The van der Waals surface area contributed by atoms with Gasteiger partial charge in [-0.3, -0.25) is 4.79 Å². The Morgan fingerprint density at radius 3 is 2.53 bits per heavy atom. The van der Waals surface area contributed by atoms with Gasteiger partial charge in [0.05, 0.1) is 16.7 Å². The van der Waals surface area contributed by atoms with Crippen LogP contribution in [-0.2, 0) is 0 Å². The number of aliphatic hydroxyl groups excluding tert-OH is 1. The van der Waals surface area contributed by atoms with E-state index in [-0.39, 0.29) is 12.0 Å². The maximum absolute atomic E-state index is 12.2. The Balaban J connectivity index is 2.14. The molecule has 2 rings (SSSR count). The second-order valence-electron chi connectivity index (χ2n) is 4.15. The number of carbonyl (C=O) groups excluding carboxylic acids is 1. The molecule has 1 aromatic rings. The highest BCUT2D eigenvalue weighted by atomic mass is 35.5. The van der Waals surface area contributed by atoms with Crippen molar-refractivity contribution in [2.24, 2.45) is 0 Å². The summed E-state index contributed by atoms with van der Waals surface area (Å²) < 4.78 is 0. The Morgan fingerprint density at radius 1 is 1.29 bits per heavy atom. The third-order valence-electron chi connectivity index (χ3n) is 2.91. The van der Waals surface area contributed by atoms with Gasteiger partial charge in [0.15, 0.2) is 0 Å². The first-order valence-electron chi connectivity index (χ1n) is 5.50. The van der Waals surface area contributed by atoms with Crippen molar-refractivity contribution in [3.63, 3.8) is 0 Å². The highest BCUT2D eigenvalue weighted by Gasteiger charge is 2.23. The lowest BCUT2D eigenvalue weighted by Crippen LogP contribution is -2.40. The zero-order valence-corrected chi connectivity index (χ0v) is 10.7. The number of piperidine rings is 1. The van der Waals surface area contributed by atoms with Crippen molar-refractivity contribution < 1.29 is 9.90 Å². The molecule has 5 heteroatoms. The first-order valence-corrected chi connectivity index (χ1v) is 6.26. The number of nitrogens with zero attached hydrogens (tertiary/aromatic N) is 1. The van der Waals surface area contributed by atoms with Gasteiger partial charge in [-0.2, -0.15) is 0 Å². The van der Waals surface area contributed by atoms with Crippen LogP contribution in [0.15, 0.2) is 18.2 Å². The summed E-state index contributed by atoms with van der Waals surface area (Å²) in [6.45, 7) is 1.14. The van der Waals surface area contributed by atoms with Gasteiger partial charge in [0, 0.05) is 18.1 Å². The normalized spacial score (nSPS) is 17.2. The van der Waals surface area contributed by atoms with Crippen LogP contribution >= 0.6 is 23.2 Å². The Bertz CT molecular complexity index is 429. The fourth-order valence-corrected chi connectivity index (χ4v) is 2.39. The lowest BCUT2D eigenvalue weighted by atomic mass is 10.1. The summed E-state index contributed by atoms with van der Waals surface area (Å²) in [6.07, 6.45) is 0.952. The van der Waals surface area contributed by atoms with Crippen LogP contribution in [0.3, 0.4) is 0 Å². The summed E-state index contributed by atoms with van der Waals surface area (Å²) in [7, 11) is 0. The quantitative estimate of drug-likeness (QED) is 0.855. The van der Waals surface area contributed by atoms with Crippen LogP contribution in [0.4, 0.5) is 0 Å². The molecule has 1 saturated heterocycles. The molecule has 1 amide bonds. The van der Waals surface area contributed by atoms with E-state index in [2.05, 4.69) is 0 Å². The predicted molar refractivity (Wildman–Crippen MR) is 67.6 cm³/mol. The number of hydrogen-bond donors (Lipinski definition) is 1. The number of likely N-dealkylation sites (tertiary alicyclic amines) is 1. The predicted octanol–water partition coefficient (Wildman–Crippen LogP) is 2.59. The van der Waals surface area contributed by atoms with Crippen molar-refractivity contribution in [3.05, 3.63) is 33.8 Å². The van der Waals surface area contributed by atoms with Crippen LogP contribution in [0.5, 0.6) is 0 Å². The molecule has 1 N–H and O–H groups in total. The van der Waals surface area contributed by atoms with Crippen LogP contribution in [0.25, 0.3) is 0 Å². The van der Waals surface area contributed by atoms with Crippen molar-refractivity contribution in [1.29, 1.82) is 0 Å². The largest absolute Gasteiger partial charge is 0.393 e. The number of halogens is 2. The van der Waals surface area contributed by atoms with Crippen molar-refractivity contribution >= 4 is 29.1 Å². The molecular weight excluding hydrogens is 261 g/mol. The third kappa shape index (κ3) is 2.92. The van der Waals surface area contributed by atoms with Gasteiger partial charge in [-0.15, -0.1) is 0 Å². The summed E-state index contributed by atoms with van der Waals surface area (Å²) in [5, 5.41) is 10.3. The summed E-state index contributed by atoms with van der Waals surface area (Å²) >= 11 is 11.8. The molecule has 0 bridgehead atoms. The fourth-order valence-electron chi connectivity index (χ4n) is 1.90. The van der Waals surface area contributed by atoms with E-state index in [1.807, 2.05) is 0 Å². The van der Waals surface area contributed by atoms with Crippen LogP contribution in [0, 0.1) is 0 Å².